The van der Waals surface area contributed by atoms with Crippen molar-refractivity contribution in [3.8, 4) is 0 Å². The van der Waals surface area contributed by atoms with Crippen molar-refractivity contribution in [1.82, 2.24) is 0 Å². The van der Waals surface area contributed by atoms with E-state index in [9.17, 15) is 17.6 Å². The number of hydrogen-bond acceptors (Lipinski definition) is 0. The summed E-state index contributed by atoms with van der Waals surface area (Å²) in [5, 5.41) is 0. The Kier molecular flexibility index (Phi) is 3.39. The average Bonchev–Trinajstić information content (AvgIpc) is 2.18. The van der Waals surface area contributed by atoms with Gasteiger partial charge in [0.15, 0.2) is 0 Å². The molecule has 2 rings (SSSR count). The Hall–Kier alpha value is -1.06. The number of alkyl halides is 2. The molecule has 0 aliphatic heterocycles. The normalized spacial score (nSPS) is 27.2. The molecule has 100 valence electrons. The molecule has 1 aromatic rings. The van der Waals surface area contributed by atoms with Crippen LogP contribution in [0.2, 0.25) is 0 Å². The molecular weight excluding hydrogens is 244 g/mol. The van der Waals surface area contributed by atoms with Crippen LogP contribution in [0.25, 0.3) is 0 Å². The minimum absolute atomic E-state index is 0.224. The second kappa shape index (κ2) is 4.56. The molecule has 2 atom stereocenters. The van der Waals surface area contributed by atoms with Crippen LogP contribution in [-0.4, -0.2) is 5.92 Å². The van der Waals surface area contributed by atoms with E-state index in [1.807, 2.05) is 0 Å². The van der Waals surface area contributed by atoms with E-state index in [2.05, 4.69) is 0 Å². The van der Waals surface area contributed by atoms with Crippen molar-refractivity contribution in [3.05, 3.63) is 34.9 Å². The van der Waals surface area contributed by atoms with Gasteiger partial charge in [0.1, 0.15) is 11.6 Å². The van der Waals surface area contributed by atoms with Crippen LogP contribution in [0.15, 0.2) is 12.1 Å². The molecule has 1 aromatic carbocycles. The van der Waals surface area contributed by atoms with Crippen LogP contribution in [0, 0.1) is 24.5 Å². The molecule has 0 bridgehead atoms. The lowest BCUT2D eigenvalue weighted by Gasteiger charge is -2.35. The van der Waals surface area contributed by atoms with Crippen molar-refractivity contribution in [2.75, 3.05) is 0 Å². The molecule has 0 saturated heterocycles. The Labute approximate surface area is 104 Å². The quantitative estimate of drug-likeness (QED) is 0.635. The van der Waals surface area contributed by atoms with Crippen molar-refractivity contribution in [3.63, 3.8) is 0 Å². The monoisotopic (exact) mass is 260 g/mol. The SMILES string of the molecule is Cc1cc(F)cc(F)c1[C@@H]1CCC(F)(F)C[C@H]1C. The lowest BCUT2D eigenvalue weighted by atomic mass is 9.73. The molecule has 1 aliphatic rings. The number of halogens is 4. The van der Waals surface area contributed by atoms with Gasteiger partial charge in [-0.15, -0.1) is 0 Å². The average molecular weight is 260 g/mol. The van der Waals surface area contributed by atoms with E-state index >= 15 is 0 Å². The lowest BCUT2D eigenvalue weighted by molar-refractivity contribution is -0.0559. The molecule has 0 N–H and O–H groups in total. The molecule has 0 amide bonds. The van der Waals surface area contributed by atoms with Crippen LogP contribution in [0.3, 0.4) is 0 Å². The summed E-state index contributed by atoms with van der Waals surface area (Å²) in [5.41, 5.74) is 0.911. The van der Waals surface area contributed by atoms with E-state index < -0.39 is 17.6 Å². The van der Waals surface area contributed by atoms with Crippen molar-refractivity contribution < 1.29 is 17.6 Å². The minimum atomic E-state index is -2.65. The fraction of sp³-hybridized carbons (Fsp3) is 0.571. The second-order valence-corrected chi connectivity index (χ2v) is 5.30. The summed E-state index contributed by atoms with van der Waals surface area (Å²) >= 11 is 0. The Balaban J connectivity index is 2.33. The molecular formula is C14H16F4. The number of rotatable bonds is 1. The molecule has 0 unspecified atom stereocenters. The van der Waals surface area contributed by atoms with Gasteiger partial charge in [-0.1, -0.05) is 6.92 Å². The third kappa shape index (κ3) is 2.52. The predicted octanol–water partition coefficient (Wildman–Crippen LogP) is 4.81. The summed E-state index contributed by atoms with van der Waals surface area (Å²) < 4.78 is 53.4. The molecule has 0 spiro atoms. The number of hydrogen-bond donors (Lipinski definition) is 0. The Bertz CT molecular complexity index is 430. The van der Waals surface area contributed by atoms with Gasteiger partial charge in [0.25, 0.3) is 0 Å². The zero-order chi connectivity index (χ0) is 13.5. The summed E-state index contributed by atoms with van der Waals surface area (Å²) in [7, 11) is 0. The highest BCUT2D eigenvalue weighted by Gasteiger charge is 2.41. The Morgan fingerprint density at radius 3 is 2.44 bits per heavy atom. The van der Waals surface area contributed by atoms with Gasteiger partial charge >= 0.3 is 0 Å². The van der Waals surface area contributed by atoms with E-state index in [-0.39, 0.29) is 31.1 Å². The molecule has 0 nitrogen and oxygen atoms in total. The topological polar surface area (TPSA) is 0 Å². The van der Waals surface area contributed by atoms with E-state index in [1.165, 1.54) is 6.07 Å². The maximum atomic E-state index is 13.8. The molecule has 0 heterocycles. The third-order valence-electron chi connectivity index (χ3n) is 3.80. The standard InChI is InChI=1S/C14H16F4/c1-8-5-10(15)6-12(16)13(8)11-3-4-14(17,18)7-9(11)2/h5-6,9,11H,3-4,7H2,1-2H3/t9-,11-/m1/s1. The van der Waals surface area contributed by atoms with Gasteiger partial charge in [-0.05, 0) is 42.4 Å². The maximum absolute atomic E-state index is 13.8. The highest BCUT2D eigenvalue weighted by molar-refractivity contribution is 5.32. The van der Waals surface area contributed by atoms with Crippen LogP contribution in [0.1, 0.15) is 43.2 Å². The van der Waals surface area contributed by atoms with Gasteiger partial charge in [-0.25, -0.2) is 17.6 Å². The van der Waals surface area contributed by atoms with Crippen molar-refractivity contribution in [1.29, 1.82) is 0 Å². The zero-order valence-electron chi connectivity index (χ0n) is 10.4. The Morgan fingerprint density at radius 2 is 1.89 bits per heavy atom. The number of benzene rings is 1. The first kappa shape index (κ1) is 13.4. The first-order valence-electron chi connectivity index (χ1n) is 6.13. The fourth-order valence-corrected chi connectivity index (χ4v) is 2.98. The second-order valence-electron chi connectivity index (χ2n) is 5.30. The van der Waals surface area contributed by atoms with Crippen LogP contribution in [0.5, 0.6) is 0 Å². The van der Waals surface area contributed by atoms with Gasteiger partial charge in [0.05, 0.1) is 0 Å². The highest BCUT2D eigenvalue weighted by Crippen LogP contribution is 2.46. The van der Waals surface area contributed by atoms with Crippen LogP contribution in [0.4, 0.5) is 17.6 Å². The van der Waals surface area contributed by atoms with E-state index in [0.717, 1.165) is 6.07 Å². The fourth-order valence-electron chi connectivity index (χ4n) is 2.98. The summed E-state index contributed by atoms with van der Waals surface area (Å²) in [5.74, 6) is -4.44. The third-order valence-corrected chi connectivity index (χ3v) is 3.80. The molecule has 4 heteroatoms. The van der Waals surface area contributed by atoms with Crippen LogP contribution >= 0.6 is 0 Å². The molecule has 1 aliphatic carbocycles. The molecule has 1 fully saturated rings. The smallest absolute Gasteiger partial charge is 0.207 e. The van der Waals surface area contributed by atoms with Gasteiger partial charge in [0.2, 0.25) is 5.92 Å². The summed E-state index contributed by atoms with van der Waals surface area (Å²) in [6.45, 7) is 3.33. The Morgan fingerprint density at radius 1 is 1.22 bits per heavy atom. The zero-order valence-corrected chi connectivity index (χ0v) is 10.4. The molecule has 1 saturated carbocycles. The lowest BCUT2D eigenvalue weighted by Crippen LogP contribution is -2.30. The highest BCUT2D eigenvalue weighted by atomic mass is 19.3. The first-order valence-corrected chi connectivity index (χ1v) is 6.13. The molecule has 18 heavy (non-hydrogen) atoms. The van der Waals surface area contributed by atoms with Gasteiger partial charge in [-0.3, -0.25) is 0 Å². The summed E-state index contributed by atoms with van der Waals surface area (Å²) in [6, 6.07) is 2.10. The van der Waals surface area contributed by atoms with Gasteiger partial charge in [-0.2, -0.15) is 0 Å². The minimum Gasteiger partial charge on any atom is -0.207 e. The molecule has 0 aromatic heterocycles. The largest absolute Gasteiger partial charge is 0.248 e. The van der Waals surface area contributed by atoms with Crippen molar-refractivity contribution >= 4 is 0 Å². The van der Waals surface area contributed by atoms with E-state index in [4.69, 9.17) is 0 Å². The van der Waals surface area contributed by atoms with Crippen LogP contribution in [-0.2, 0) is 0 Å². The van der Waals surface area contributed by atoms with Crippen molar-refractivity contribution in [2.24, 2.45) is 5.92 Å². The van der Waals surface area contributed by atoms with Gasteiger partial charge < -0.3 is 0 Å². The van der Waals surface area contributed by atoms with Crippen molar-refractivity contribution in [2.45, 2.75) is 45.0 Å². The molecule has 0 radical (unpaired) electrons. The number of aryl methyl sites for hydroxylation is 1. The maximum Gasteiger partial charge on any atom is 0.248 e. The van der Waals surface area contributed by atoms with Gasteiger partial charge in [0, 0.05) is 18.9 Å². The summed E-state index contributed by atoms with van der Waals surface area (Å²) in [4.78, 5) is 0. The predicted molar refractivity (Wildman–Crippen MR) is 61.8 cm³/mol. The first-order chi connectivity index (χ1) is 8.30. The van der Waals surface area contributed by atoms with E-state index in [0.29, 0.717) is 11.1 Å². The van der Waals surface area contributed by atoms with Crippen LogP contribution < -0.4 is 0 Å². The summed E-state index contributed by atoms with van der Waals surface area (Å²) in [6.07, 6.45) is -0.205. The van der Waals surface area contributed by atoms with E-state index in [1.54, 1.807) is 13.8 Å².